The summed E-state index contributed by atoms with van der Waals surface area (Å²) < 4.78 is 0.539. The minimum atomic E-state index is 0.235. The van der Waals surface area contributed by atoms with Crippen molar-refractivity contribution in [1.82, 2.24) is 9.97 Å². The molecule has 0 saturated carbocycles. The predicted molar refractivity (Wildman–Crippen MR) is 56.8 cm³/mol. The Labute approximate surface area is 89.6 Å². The lowest BCUT2D eigenvalue weighted by atomic mass is 10.1. The third-order valence-electron chi connectivity index (χ3n) is 1.84. The predicted octanol–water partition coefficient (Wildman–Crippen LogP) is 2.61. The maximum Gasteiger partial charge on any atom is 0.196 e. The summed E-state index contributed by atoms with van der Waals surface area (Å²) in [6.07, 6.45) is 3.32. The highest BCUT2D eigenvalue weighted by molar-refractivity contribution is 9.10. The van der Waals surface area contributed by atoms with Crippen LogP contribution >= 0.6 is 15.9 Å². The van der Waals surface area contributed by atoms with Crippen molar-refractivity contribution in [3.05, 3.63) is 41.4 Å². The summed E-state index contributed by atoms with van der Waals surface area (Å²) in [6.45, 7) is 0. The summed E-state index contributed by atoms with van der Waals surface area (Å²) in [5, 5.41) is 9.57. The smallest absolute Gasteiger partial charge is 0.196 e. The second-order valence-electron chi connectivity index (χ2n) is 2.76. The molecule has 0 bridgehead atoms. The maximum absolute atomic E-state index is 9.57. The summed E-state index contributed by atoms with van der Waals surface area (Å²) in [5.74, 6) is 0.235. The molecule has 0 unspecified atom stereocenters. The highest BCUT2D eigenvalue weighted by Crippen LogP contribution is 2.27. The van der Waals surface area contributed by atoms with E-state index in [1.165, 1.54) is 0 Å². The number of hydrogen-bond acceptors (Lipinski definition) is 3. The molecule has 14 heavy (non-hydrogen) atoms. The number of aromatic nitrogens is 2. The van der Waals surface area contributed by atoms with Gasteiger partial charge < -0.3 is 5.11 Å². The van der Waals surface area contributed by atoms with Crippen LogP contribution < -0.4 is 0 Å². The molecule has 70 valence electrons. The Hall–Kier alpha value is -1.42. The molecule has 1 N–H and O–H groups in total. The monoisotopic (exact) mass is 250 g/mol. The first-order chi connectivity index (χ1) is 6.77. The molecule has 0 radical (unpaired) electrons. The number of aromatic hydroxyl groups is 1. The fourth-order valence-corrected chi connectivity index (χ4v) is 1.37. The molecule has 3 nitrogen and oxygen atoms in total. The van der Waals surface area contributed by atoms with Crippen LogP contribution in [0.1, 0.15) is 0 Å². The van der Waals surface area contributed by atoms with E-state index in [1.807, 2.05) is 12.1 Å². The fraction of sp³-hybridized carbons (Fsp3) is 0. The van der Waals surface area contributed by atoms with Gasteiger partial charge in [0.05, 0.1) is 0 Å². The van der Waals surface area contributed by atoms with E-state index in [1.54, 1.807) is 24.5 Å². The van der Waals surface area contributed by atoms with Crippen molar-refractivity contribution in [1.29, 1.82) is 0 Å². The molecular formula is C10H7BrN2O. The number of para-hydroxylation sites is 1. The summed E-state index contributed by atoms with van der Waals surface area (Å²) >= 11 is 3.15. The second-order valence-corrected chi connectivity index (χ2v) is 3.47. The number of halogens is 1. The number of nitrogens with zero attached hydrogens (tertiary/aromatic N) is 2. The first kappa shape index (κ1) is 9.15. The number of phenolic OH excluding ortho intramolecular Hbond substituents is 1. The average Bonchev–Trinajstić information content (AvgIpc) is 2.20. The highest BCUT2D eigenvalue weighted by atomic mass is 79.9. The number of hydrogen-bond donors (Lipinski definition) is 1. The molecule has 0 aliphatic carbocycles. The lowest BCUT2D eigenvalue weighted by molar-refractivity contribution is 0.477. The zero-order chi connectivity index (χ0) is 9.97. The summed E-state index contributed by atoms with van der Waals surface area (Å²) in [7, 11) is 0. The van der Waals surface area contributed by atoms with Crippen molar-refractivity contribution < 1.29 is 5.11 Å². The molecule has 0 aliphatic rings. The van der Waals surface area contributed by atoms with E-state index < -0.39 is 0 Å². The van der Waals surface area contributed by atoms with Gasteiger partial charge in [-0.2, -0.15) is 0 Å². The molecule has 1 aromatic heterocycles. The Morgan fingerprint density at radius 3 is 2.36 bits per heavy atom. The van der Waals surface area contributed by atoms with Crippen LogP contribution in [0.15, 0.2) is 41.4 Å². The largest absolute Gasteiger partial charge is 0.507 e. The normalized spacial score (nSPS) is 10.1. The van der Waals surface area contributed by atoms with Crippen molar-refractivity contribution >= 4 is 15.9 Å². The standard InChI is InChI=1S/C10H7BrN2O/c11-10-12-5-7(6-13-10)8-3-1-2-4-9(8)14/h1-6,14H. The molecule has 2 rings (SSSR count). The Morgan fingerprint density at radius 2 is 1.71 bits per heavy atom. The van der Waals surface area contributed by atoms with Gasteiger partial charge in [0.25, 0.3) is 0 Å². The first-order valence-electron chi connectivity index (χ1n) is 4.03. The molecule has 0 spiro atoms. The summed E-state index contributed by atoms with van der Waals surface area (Å²) in [6, 6.07) is 7.09. The van der Waals surface area contributed by atoms with Crippen molar-refractivity contribution in [3.63, 3.8) is 0 Å². The molecule has 0 fully saturated rings. The zero-order valence-electron chi connectivity index (χ0n) is 7.18. The molecule has 0 saturated heterocycles. The van der Waals surface area contributed by atoms with Crippen LogP contribution in [0.5, 0.6) is 5.75 Å². The minimum Gasteiger partial charge on any atom is -0.507 e. The van der Waals surface area contributed by atoms with Gasteiger partial charge in [-0.25, -0.2) is 9.97 Å². The van der Waals surface area contributed by atoms with Gasteiger partial charge in [-0.05, 0) is 22.0 Å². The number of phenols is 1. The quantitative estimate of drug-likeness (QED) is 0.792. The van der Waals surface area contributed by atoms with E-state index in [4.69, 9.17) is 0 Å². The summed E-state index contributed by atoms with van der Waals surface area (Å²) in [5.41, 5.74) is 1.53. The van der Waals surface area contributed by atoms with Crippen LogP contribution in [0.3, 0.4) is 0 Å². The van der Waals surface area contributed by atoms with Gasteiger partial charge in [-0.3, -0.25) is 0 Å². The van der Waals surface area contributed by atoms with Crippen molar-refractivity contribution in [2.45, 2.75) is 0 Å². The van der Waals surface area contributed by atoms with Crippen LogP contribution in [-0.4, -0.2) is 15.1 Å². The van der Waals surface area contributed by atoms with Gasteiger partial charge in [0.2, 0.25) is 0 Å². The Kier molecular flexibility index (Phi) is 2.45. The molecule has 1 heterocycles. The van der Waals surface area contributed by atoms with E-state index in [0.29, 0.717) is 4.73 Å². The van der Waals surface area contributed by atoms with Crippen LogP contribution in [0.4, 0.5) is 0 Å². The third kappa shape index (κ3) is 1.75. The van der Waals surface area contributed by atoms with Crippen molar-refractivity contribution in [3.8, 4) is 16.9 Å². The van der Waals surface area contributed by atoms with Crippen LogP contribution in [0, 0.1) is 0 Å². The van der Waals surface area contributed by atoms with Crippen molar-refractivity contribution in [2.24, 2.45) is 0 Å². The van der Waals surface area contributed by atoms with Crippen LogP contribution in [-0.2, 0) is 0 Å². The first-order valence-corrected chi connectivity index (χ1v) is 4.82. The molecule has 4 heteroatoms. The number of rotatable bonds is 1. The lowest BCUT2D eigenvalue weighted by Gasteiger charge is -2.02. The highest BCUT2D eigenvalue weighted by Gasteiger charge is 2.03. The van der Waals surface area contributed by atoms with Crippen molar-refractivity contribution in [2.75, 3.05) is 0 Å². The van der Waals surface area contributed by atoms with Gasteiger partial charge >= 0.3 is 0 Å². The second kappa shape index (κ2) is 3.75. The third-order valence-corrected chi connectivity index (χ3v) is 2.24. The maximum atomic E-state index is 9.57. The molecule has 2 aromatic rings. The molecular weight excluding hydrogens is 244 g/mol. The lowest BCUT2D eigenvalue weighted by Crippen LogP contribution is -1.84. The average molecular weight is 251 g/mol. The van der Waals surface area contributed by atoms with E-state index in [2.05, 4.69) is 25.9 Å². The van der Waals surface area contributed by atoms with Gasteiger partial charge in [0, 0.05) is 23.5 Å². The minimum absolute atomic E-state index is 0.235. The van der Waals surface area contributed by atoms with E-state index in [9.17, 15) is 5.11 Å². The zero-order valence-corrected chi connectivity index (χ0v) is 8.77. The molecule has 0 amide bonds. The van der Waals surface area contributed by atoms with Crippen LogP contribution in [0.2, 0.25) is 0 Å². The van der Waals surface area contributed by atoms with Gasteiger partial charge in [0.1, 0.15) is 5.75 Å². The molecule has 1 aromatic carbocycles. The van der Waals surface area contributed by atoms with Gasteiger partial charge in [-0.15, -0.1) is 0 Å². The Balaban J connectivity index is 2.50. The Morgan fingerprint density at radius 1 is 1.07 bits per heavy atom. The van der Waals surface area contributed by atoms with Gasteiger partial charge in [-0.1, -0.05) is 18.2 Å². The number of benzene rings is 1. The van der Waals surface area contributed by atoms with E-state index in [0.717, 1.165) is 11.1 Å². The summed E-state index contributed by atoms with van der Waals surface area (Å²) in [4.78, 5) is 7.98. The fourth-order valence-electron chi connectivity index (χ4n) is 1.17. The van der Waals surface area contributed by atoms with Crippen LogP contribution in [0.25, 0.3) is 11.1 Å². The topological polar surface area (TPSA) is 46.0 Å². The van der Waals surface area contributed by atoms with E-state index in [-0.39, 0.29) is 5.75 Å². The van der Waals surface area contributed by atoms with E-state index >= 15 is 0 Å². The molecule has 0 atom stereocenters. The Bertz CT molecular complexity index is 442. The molecule has 0 aliphatic heterocycles. The van der Waals surface area contributed by atoms with Gasteiger partial charge in [0.15, 0.2) is 4.73 Å². The SMILES string of the molecule is Oc1ccccc1-c1cnc(Br)nc1.